The Hall–Kier alpha value is -1.62. The molecular formula is C15H14ClF3N2. The van der Waals surface area contributed by atoms with Crippen molar-refractivity contribution in [1.82, 2.24) is 9.97 Å². The molecule has 0 amide bonds. The molecule has 0 atom stereocenters. The fraction of sp³-hybridized carbons (Fsp3) is 0.333. The zero-order chi connectivity index (χ0) is 15.8. The Balaban J connectivity index is 2.61. The molecule has 2 rings (SSSR count). The van der Waals surface area contributed by atoms with Crippen LogP contribution in [0.25, 0.3) is 11.3 Å². The van der Waals surface area contributed by atoms with E-state index in [0.29, 0.717) is 22.6 Å². The lowest BCUT2D eigenvalue weighted by atomic mass is 10.0. The second kappa shape index (κ2) is 5.64. The standard InChI is InChI=1S/C15H14ClF3N2/c1-8(2)14-20-12(9(3)13(16)21-14)10-5-4-6-11(7-10)15(17,18)19/h4-8H,1-3H3. The predicted octanol–water partition coefficient (Wildman–Crippen LogP) is 5.25. The topological polar surface area (TPSA) is 25.8 Å². The zero-order valence-corrected chi connectivity index (χ0v) is 12.5. The lowest BCUT2D eigenvalue weighted by molar-refractivity contribution is -0.137. The van der Waals surface area contributed by atoms with Crippen LogP contribution in [0, 0.1) is 6.92 Å². The minimum absolute atomic E-state index is 0.0349. The number of aromatic nitrogens is 2. The van der Waals surface area contributed by atoms with E-state index in [0.717, 1.165) is 12.1 Å². The van der Waals surface area contributed by atoms with Gasteiger partial charge in [-0.1, -0.05) is 37.6 Å². The number of alkyl halides is 3. The van der Waals surface area contributed by atoms with Crippen molar-refractivity contribution in [2.45, 2.75) is 32.9 Å². The summed E-state index contributed by atoms with van der Waals surface area (Å²) in [7, 11) is 0. The van der Waals surface area contributed by atoms with Crippen LogP contribution in [0.4, 0.5) is 13.2 Å². The quantitative estimate of drug-likeness (QED) is 0.708. The Labute approximate surface area is 126 Å². The van der Waals surface area contributed by atoms with Gasteiger partial charge in [0.2, 0.25) is 0 Å². The first-order valence-electron chi connectivity index (χ1n) is 6.42. The summed E-state index contributed by atoms with van der Waals surface area (Å²) >= 11 is 6.07. The van der Waals surface area contributed by atoms with Gasteiger partial charge in [-0.2, -0.15) is 13.2 Å². The summed E-state index contributed by atoms with van der Waals surface area (Å²) in [5.41, 5.74) is 0.680. The highest BCUT2D eigenvalue weighted by atomic mass is 35.5. The van der Waals surface area contributed by atoms with E-state index in [2.05, 4.69) is 9.97 Å². The highest BCUT2D eigenvalue weighted by Gasteiger charge is 2.30. The lowest BCUT2D eigenvalue weighted by Gasteiger charge is -2.13. The van der Waals surface area contributed by atoms with Crippen molar-refractivity contribution in [2.75, 3.05) is 0 Å². The van der Waals surface area contributed by atoms with Gasteiger partial charge in [0, 0.05) is 17.0 Å². The number of benzene rings is 1. The van der Waals surface area contributed by atoms with Crippen LogP contribution in [0.1, 0.15) is 36.7 Å². The zero-order valence-electron chi connectivity index (χ0n) is 11.8. The van der Waals surface area contributed by atoms with Gasteiger partial charge in [0.15, 0.2) is 0 Å². The summed E-state index contributed by atoms with van der Waals surface area (Å²) in [6.45, 7) is 5.50. The maximum atomic E-state index is 12.8. The Morgan fingerprint density at radius 1 is 1.14 bits per heavy atom. The van der Waals surface area contributed by atoms with E-state index in [1.165, 1.54) is 6.07 Å². The van der Waals surface area contributed by atoms with Crippen LogP contribution in [-0.2, 0) is 6.18 Å². The van der Waals surface area contributed by atoms with Crippen LogP contribution in [0.5, 0.6) is 0 Å². The van der Waals surface area contributed by atoms with Crippen LogP contribution < -0.4 is 0 Å². The third kappa shape index (κ3) is 3.35. The van der Waals surface area contributed by atoms with E-state index in [-0.39, 0.29) is 11.1 Å². The molecule has 21 heavy (non-hydrogen) atoms. The normalized spacial score (nSPS) is 12.0. The molecule has 0 unspecified atom stereocenters. The molecule has 0 bridgehead atoms. The first-order valence-corrected chi connectivity index (χ1v) is 6.79. The van der Waals surface area contributed by atoms with Gasteiger partial charge in [-0.25, -0.2) is 9.97 Å². The van der Waals surface area contributed by atoms with Crippen LogP contribution in [-0.4, -0.2) is 9.97 Å². The second-order valence-electron chi connectivity index (χ2n) is 5.08. The molecule has 112 valence electrons. The number of hydrogen-bond acceptors (Lipinski definition) is 2. The summed E-state index contributed by atoms with van der Waals surface area (Å²) in [5, 5.41) is 0.265. The first-order chi connectivity index (χ1) is 9.70. The van der Waals surface area contributed by atoms with Gasteiger partial charge in [-0.05, 0) is 19.1 Å². The highest BCUT2D eigenvalue weighted by Crippen LogP contribution is 2.33. The van der Waals surface area contributed by atoms with E-state index in [1.54, 1.807) is 13.0 Å². The summed E-state index contributed by atoms with van der Waals surface area (Å²) in [5.74, 6) is 0.547. The van der Waals surface area contributed by atoms with Crippen molar-refractivity contribution in [3.05, 3.63) is 46.4 Å². The second-order valence-corrected chi connectivity index (χ2v) is 5.44. The largest absolute Gasteiger partial charge is 0.416 e. The smallest absolute Gasteiger partial charge is 0.232 e. The van der Waals surface area contributed by atoms with Crippen molar-refractivity contribution >= 4 is 11.6 Å². The van der Waals surface area contributed by atoms with Gasteiger partial charge in [0.25, 0.3) is 0 Å². The molecule has 2 nitrogen and oxygen atoms in total. The fourth-order valence-electron chi connectivity index (χ4n) is 1.89. The molecule has 0 aliphatic rings. The molecule has 2 aromatic rings. The molecule has 0 N–H and O–H groups in total. The molecule has 0 saturated carbocycles. The van der Waals surface area contributed by atoms with Gasteiger partial charge in [0.1, 0.15) is 11.0 Å². The summed E-state index contributed by atoms with van der Waals surface area (Å²) in [6.07, 6.45) is -4.39. The van der Waals surface area contributed by atoms with Gasteiger partial charge >= 0.3 is 6.18 Å². The summed E-state index contributed by atoms with van der Waals surface area (Å²) < 4.78 is 38.4. The molecule has 1 aromatic carbocycles. The van der Waals surface area contributed by atoms with E-state index >= 15 is 0 Å². The molecule has 0 aliphatic carbocycles. The van der Waals surface area contributed by atoms with Crippen LogP contribution in [0.15, 0.2) is 24.3 Å². The summed E-state index contributed by atoms with van der Waals surface area (Å²) in [4.78, 5) is 8.52. The highest BCUT2D eigenvalue weighted by molar-refractivity contribution is 6.30. The molecule has 0 aliphatic heterocycles. The molecule has 1 heterocycles. The fourth-order valence-corrected chi connectivity index (χ4v) is 2.06. The molecule has 0 fully saturated rings. The van der Waals surface area contributed by atoms with Gasteiger partial charge in [-0.15, -0.1) is 0 Å². The molecule has 6 heteroatoms. The number of halogens is 4. The molecule has 0 saturated heterocycles. The minimum atomic E-state index is -4.39. The maximum Gasteiger partial charge on any atom is 0.416 e. The SMILES string of the molecule is Cc1c(Cl)nc(C(C)C)nc1-c1cccc(C(F)(F)F)c1. The molecule has 1 aromatic heterocycles. The van der Waals surface area contributed by atoms with Crippen molar-refractivity contribution in [3.63, 3.8) is 0 Å². The van der Waals surface area contributed by atoms with Crippen LogP contribution in [0.3, 0.4) is 0 Å². The van der Waals surface area contributed by atoms with Crippen LogP contribution >= 0.6 is 11.6 Å². The van der Waals surface area contributed by atoms with Gasteiger partial charge in [-0.3, -0.25) is 0 Å². The maximum absolute atomic E-state index is 12.8. The van der Waals surface area contributed by atoms with E-state index < -0.39 is 11.7 Å². The van der Waals surface area contributed by atoms with Crippen LogP contribution in [0.2, 0.25) is 5.15 Å². The van der Waals surface area contributed by atoms with Crippen molar-refractivity contribution in [1.29, 1.82) is 0 Å². The molecule has 0 spiro atoms. The lowest BCUT2D eigenvalue weighted by Crippen LogP contribution is -2.06. The number of nitrogens with zero attached hydrogens (tertiary/aromatic N) is 2. The average molecular weight is 315 g/mol. The van der Waals surface area contributed by atoms with Crippen molar-refractivity contribution < 1.29 is 13.2 Å². The minimum Gasteiger partial charge on any atom is -0.232 e. The third-order valence-electron chi connectivity index (χ3n) is 3.08. The van der Waals surface area contributed by atoms with E-state index in [4.69, 9.17) is 11.6 Å². The third-order valence-corrected chi connectivity index (χ3v) is 3.45. The Morgan fingerprint density at radius 2 is 1.81 bits per heavy atom. The number of hydrogen-bond donors (Lipinski definition) is 0. The van der Waals surface area contributed by atoms with E-state index in [9.17, 15) is 13.2 Å². The first kappa shape index (κ1) is 15.8. The average Bonchev–Trinajstić information content (AvgIpc) is 2.40. The molecular weight excluding hydrogens is 301 g/mol. The predicted molar refractivity (Wildman–Crippen MR) is 76.3 cm³/mol. The van der Waals surface area contributed by atoms with Crippen molar-refractivity contribution in [3.8, 4) is 11.3 Å². The summed E-state index contributed by atoms with van der Waals surface area (Å²) in [6, 6.07) is 5.06. The van der Waals surface area contributed by atoms with Crippen molar-refractivity contribution in [2.24, 2.45) is 0 Å². The Morgan fingerprint density at radius 3 is 2.38 bits per heavy atom. The van der Waals surface area contributed by atoms with Gasteiger partial charge in [0.05, 0.1) is 11.3 Å². The monoisotopic (exact) mass is 314 g/mol. The Kier molecular flexibility index (Phi) is 4.23. The Bertz CT molecular complexity index is 666. The molecule has 0 radical (unpaired) electrons. The number of rotatable bonds is 2. The van der Waals surface area contributed by atoms with E-state index in [1.807, 2.05) is 13.8 Å². The van der Waals surface area contributed by atoms with Gasteiger partial charge < -0.3 is 0 Å².